The first-order chi connectivity index (χ1) is 11.9. The second-order valence-corrected chi connectivity index (χ2v) is 6.85. The molecular weight excluding hydrogens is 306 g/mol. The third-order valence-corrected chi connectivity index (χ3v) is 5.08. The van der Waals surface area contributed by atoms with Gasteiger partial charge in [0.25, 0.3) is 0 Å². The summed E-state index contributed by atoms with van der Waals surface area (Å²) in [4.78, 5) is 7.00. The van der Waals surface area contributed by atoms with Crippen molar-refractivity contribution < 1.29 is 14.0 Å². The number of fused-ring (bicyclic) bond motifs is 1. The van der Waals surface area contributed by atoms with Gasteiger partial charge >= 0.3 is 0 Å². The van der Waals surface area contributed by atoms with Crippen LogP contribution in [0.25, 0.3) is 0 Å². The fraction of sp³-hybridized carbons (Fsp3) is 0.556. The van der Waals surface area contributed by atoms with Crippen LogP contribution in [-0.2, 0) is 6.54 Å². The molecule has 3 aliphatic rings. The lowest BCUT2D eigenvalue weighted by molar-refractivity contribution is 0.170. The first-order valence-corrected chi connectivity index (χ1v) is 8.83. The topological polar surface area (TPSA) is 60.6 Å². The maximum atomic E-state index is 5.73. The number of aromatic nitrogens is 2. The van der Waals surface area contributed by atoms with Crippen LogP contribution in [0.15, 0.2) is 22.7 Å². The monoisotopic (exact) mass is 327 g/mol. The summed E-state index contributed by atoms with van der Waals surface area (Å²) in [6.45, 7) is 3.03. The zero-order valence-electron chi connectivity index (χ0n) is 13.6. The van der Waals surface area contributed by atoms with Crippen molar-refractivity contribution in [2.45, 2.75) is 44.2 Å². The molecule has 0 radical (unpaired) electrons. The third kappa shape index (κ3) is 2.65. The molecule has 2 aliphatic heterocycles. The summed E-state index contributed by atoms with van der Waals surface area (Å²) in [5, 5.41) is 4.13. The Balaban J connectivity index is 1.34. The number of hydrogen-bond acceptors (Lipinski definition) is 6. The molecule has 3 heterocycles. The Kier molecular flexibility index (Phi) is 3.43. The summed E-state index contributed by atoms with van der Waals surface area (Å²) in [5.41, 5.74) is 1.28. The molecule has 0 amide bonds. The van der Waals surface area contributed by atoms with Crippen molar-refractivity contribution in [1.82, 2.24) is 15.0 Å². The summed E-state index contributed by atoms with van der Waals surface area (Å²) in [6.07, 6.45) is 4.72. The fourth-order valence-electron chi connectivity index (χ4n) is 3.67. The summed E-state index contributed by atoms with van der Waals surface area (Å²) in [7, 11) is 0. The number of likely N-dealkylation sites (tertiary alicyclic amines) is 1. The van der Waals surface area contributed by atoms with Gasteiger partial charge in [-0.05, 0) is 49.9 Å². The van der Waals surface area contributed by atoms with E-state index in [1.54, 1.807) is 0 Å². The van der Waals surface area contributed by atoms with Crippen LogP contribution in [0, 0.1) is 0 Å². The van der Waals surface area contributed by atoms with Crippen LogP contribution in [0.2, 0.25) is 0 Å². The van der Waals surface area contributed by atoms with Crippen LogP contribution in [0.5, 0.6) is 11.5 Å². The third-order valence-electron chi connectivity index (χ3n) is 5.08. The predicted molar refractivity (Wildman–Crippen MR) is 86.1 cm³/mol. The van der Waals surface area contributed by atoms with E-state index in [0.29, 0.717) is 25.2 Å². The molecule has 0 spiro atoms. The molecule has 1 saturated heterocycles. The Morgan fingerprint density at radius 3 is 2.83 bits per heavy atom. The van der Waals surface area contributed by atoms with Crippen molar-refractivity contribution in [3.05, 3.63) is 35.5 Å². The quantitative estimate of drug-likeness (QED) is 0.860. The average molecular weight is 327 g/mol. The first kappa shape index (κ1) is 14.3. The molecule has 0 bridgehead atoms. The van der Waals surface area contributed by atoms with Gasteiger partial charge in [0.05, 0.1) is 6.54 Å². The van der Waals surface area contributed by atoms with Crippen molar-refractivity contribution in [1.29, 1.82) is 0 Å². The van der Waals surface area contributed by atoms with Gasteiger partial charge in [0, 0.05) is 12.0 Å². The highest BCUT2D eigenvalue weighted by Crippen LogP contribution is 2.40. The second kappa shape index (κ2) is 5.77. The lowest BCUT2D eigenvalue weighted by Gasteiger charge is -2.25. The summed E-state index contributed by atoms with van der Waals surface area (Å²) < 4.78 is 16.8. The molecule has 1 aromatic carbocycles. The van der Waals surface area contributed by atoms with Crippen LogP contribution < -0.4 is 9.47 Å². The minimum atomic E-state index is 0.372. The van der Waals surface area contributed by atoms with Crippen LogP contribution in [0.1, 0.15) is 54.9 Å². The number of ether oxygens (including phenoxy) is 2. The number of benzene rings is 1. The molecule has 1 aromatic heterocycles. The van der Waals surface area contributed by atoms with Gasteiger partial charge < -0.3 is 14.0 Å². The van der Waals surface area contributed by atoms with E-state index in [1.807, 2.05) is 6.07 Å². The molecule has 5 rings (SSSR count). The Bertz CT molecular complexity index is 741. The van der Waals surface area contributed by atoms with E-state index >= 15 is 0 Å². The smallest absolute Gasteiger partial charge is 0.240 e. The van der Waals surface area contributed by atoms with Crippen LogP contribution in [0.3, 0.4) is 0 Å². The maximum Gasteiger partial charge on any atom is 0.240 e. The normalized spacial score (nSPS) is 23.6. The molecule has 2 fully saturated rings. The molecule has 1 atom stereocenters. The SMILES string of the molecule is c1cc2c(cc1[C@@H]1CCCN1Cc1nc(C3CC3)no1)OCCO2. The van der Waals surface area contributed by atoms with Gasteiger partial charge in [0.1, 0.15) is 13.2 Å². The average Bonchev–Trinajstić information content (AvgIpc) is 3.19. The Morgan fingerprint density at radius 1 is 1.08 bits per heavy atom. The van der Waals surface area contributed by atoms with E-state index in [9.17, 15) is 0 Å². The highest BCUT2D eigenvalue weighted by atomic mass is 16.6. The van der Waals surface area contributed by atoms with E-state index in [0.717, 1.165) is 42.7 Å². The number of hydrogen-bond donors (Lipinski definition) is 0. The fourth-order valence-corrected chi connectivity index (χ4v) is 3.67. The van der Waals surface area contributed by atoms with Gasteiger partial charge in [-0.3, -0.25) is 4.90 Å². The van der Waals surface area contributed by atoms with Crippen LogP contribution in [-0.4, -0.2) is 34.8 Å². The van der Waals surface area contributed by atoms with E-state index < -0.39 is 0 Å². The lowest BCUT2D eigenvalue weighted by atomic mass is 10.0. The zero-order valence-corrected chi connectivity index (χ0v) is 13.6. The minimum Gasteiger partial charge on any atom is -0.486 e. The zero-order chi connectivity index (χ0) is 15.9. The van der Waals surface area contributed by atoms with Crippen molar-refractivity contribution >= 4 is 0 Å². The molecule has 126 valence electrons. The second-order valence-electron chi connectivity index (χ2n) is 6.85. The minimum absolute atomic E-state index is 0.372. The highest BCUT2D eigenvalue weighted by Gasteiger charge is 2.31. The molecule has 0 N–H and O–H groups in total. The van der Waals surface area contributed by atoms with Gasteiger partial charge in [-0.25, -0.2) is 0 Å². The molecule has 2 aromatic rings. The van der Waals surface area contributed by atoms with E-state index in [1.165, 1.54) is 24.8 Å². The molecule has 1 saturated carbocycles. The van der Waals surface area contributed by atoms with Crippen molar-refractivity contribution in [3.8, 4) is 11.5 Å². The van der Waals surface area contributed by atoms with Gasteiger partial charge in [-0.1, -0.05) is 11.2 Å². The molecule has 24 heavy (non-hydrogen) atoms. The van der Waals surface area contributed by atoms with E-state index in [4.69, 9.17) is 14.0 Å². The Hall–Kier alpha value is -2.08. The molecule has 6 heteroatoms. The maximum absolute atomic E-state index is 5.73. The largest absolute Gasteiger partial charge is 0.486 e. The standard InChI is InChI=1S/C18H21N3O3/c1-2-14(13-5-6-15-16(10-13)23-9-8-22-15)21(7-1)11-17-19-18(20-24-17)12-3-4-12/h5-6,10,12,14H,1-4,7-9,11H2/t14-/m0/s1. The van der Waals surface area contributed by atoms with E-state index in [2.05, 4.69) is 27.2 Å². The Morgan fingerprint density at radius 2 is 1.96 bits per heavy atom. The first-order valence-electron chi connectivity index (χ1n) is 8.83. The summed E-state index contributed by atoms with van der Waals surface area (Å²) >= 11 is 0. The van der Waals surface area contributed by atoms with Gasteiger partial charge in [-0.2, -0.15) is 4.98 Å². The molecule has 6 nitrogen and oxygen atoms in total. The lowest BCUT2D eigenvalue weighted by Crippen LogP contribution is -2.23. The summed E-state index contributed by atoms with van der Waals surface area (Å²) in [5.74, 6) is 3.87. The highest BCUT2D eigenvalue weighted by molar-refractivity contribution is 5.44. The predicted octanol–water partition coefficient (Wildman–Crippen LogP) is 3.06. The van der Waals surface area contributed by atoms with Crippen molar-refractivity contribution in [2.75, 3.05) is 19.8 Å². The number of nitrogens with zero attached hydrogens (tertiary/aromatic N) is 3. The molecule has 0 unspecified atom stereocenters. The van der Waals surface area contributed by atoms with Gasteiger partial charge in [0.2, 0.25) is 5.89 Å². The molecule has 1 aliphatic carbocycles. The van der Waals surface area contributed by atoms with Crippen LogP contribution in [0.4, 0.5) is 0 Å². The van der Waals surface area contributed by atoms with Gasteiger partial charge in [0.15, 0.2) is 17.3 Å². The Labute approximate surface area is 140 Å². The number of rotatable bonds is 4. The van der Waals surface area contributed by atoms with Gasteiger partial charge in [-0.15, -0.1) is 0 Å². The van der Waals surface area contributed by atoms with Crippen LogP contribution >= 0.6 is 0 Å². The summed E-state index contributed by atoms with van der Waals surface area (Å²) in [6, 6.07) is 6.68. The van der Waals surface area contributed by atoms with E-state index in [-0.39, 0.29) is 0 Å². The van der Waals surface area contributed by atoms with Crippen molar-refractivity contribution in [3.63, 3.8) is 0 Å². The van der Waals surface area contributed by atoms with Crippen molar-refractivity contribution in [2.24, 2.45) is 0 Å². The molecular formula is C18H21N3O3.